The van der Waals surface area contributed by atoms with Crippen molar-refractivity contribution in [3.05, 3.63) is 0 Å². The van der Waals surface area contributed by atoms with Gasteiger partial charge in [0.25, 0.3) is 0 Å². The maximum Gasteiger partial charge on any atom is 0.249 e. The zero-order valence-electron chi connectivity index (χ0n) is 10.7. The Morgan fingerprint density at radius 1 is 1.29 bits per heavy atom. The van der Waals surface area contributed by atoms with E-state index in [4.69, 9.17) is 10.5 Å². The number of carbonyl (C=O) groups excluding carboxylic acids is 1. The van der Waals surface area contributed by atoms with Crippen molar-refractivity contribution in [1.82, 2.24) is 5.32 Å². The molecule has 0 aromatic heterocycles. The zero-order chi connectivity index (χ0) is 12.3. The van der Waals surface area contributed by atoms with E-state index in [1.807, 2.05) is 0 Å². The number of hydrogen-bond donors (Lipinski definition) is 2. The minimum atomic E-state index is -0.221. The van der Waals surface area contributed by atoms with Crippen LogP contribution in [0.1, 0.15) is 39.0 Å². The summed E-state index contributed by atoms with van der Waals surface area (Å²) in [6.07, 6.45) is 5.25. The Hall–Kier alpha value is -0.610. The Morgan fingerprint density at radius 2 is 2.00 bits per heavy atom. The fraction of sp³-hybridized carbons (Fsp3) is 0.923. The molecule has 1 saturated carbocycles. The topological polar surface area (TPSA) is 64.3 Å². The molecule has 1 aliphatic heterocycles. The van der Waals surface area contributed by atoms with Crippen LogP contribution in [0, 0.1) is 11.8 Å². The number of ether oxygens (including phenoxy) is 1. The molecule has 1 aliphatic carbocycles. The molecule has 2 unspecified atom stereocenters. The number of rotatable bonds is 3. The summed E-state index contributed by atoms with van der Waals surface area (Å²) >= 11 is 0. The van der Waals surface area contributed by atoms with Gasteiger partial charge in [0, 0.05) is 19.2 Å². The van der Waals surface area contributed by atoms with E-state index in [1.54, 1.807) is 0 Å². The van der Waals surface area contributed by atoms with Crippen LogP contribution in [0.3, 0.4) is 0 Å². The highest BCUT2D eigenvalue weighted by molar-refractivity contribution is 5.81. The van der Waals surface area contributed by atoms with Gasteiger partial charge >= 0.3 is 0 Å². The number of carbonyl (C=O) groups is 1. The van der Waals surface area contributed by atoms with Gasteiger partial charge in [0.2, 0.25) is 5.91 Å². The molecular weight excluding hydrogens is 216 g/mol. The Balaban J connectivity index is 1.69. The van der Waals surface area contributed by atoms with Gasteiger partial charge in [-0.05, 0) is 43.9 Å². The highest BCUT2D eigenvalue weighted by Crippen LogP contribution is 2.23. The summed E-state index contributed by atoms with van der Waals surface area (Å²) in [7, 11) is 0. The lowest BCUT2D eigenvalue weighted by molar-refractivity contribution is -0.131. The summed E-state index contributed by atoms with van der Waals surface area (Å²) in [5.74, 6) is 1.04. The van der Waals surface area contributed by atoms with Crippen molar-refractivity contribution in [3.8, 4) is 0 Å². The van der Waals surface area contributed by atoms with Crippen molar-refractivity contribution in [3.63, 3.8) is 0 Å². The van der Waals surface area contributed by atoms with E-state index in [0.29, 0.717) is 17.9 Å². The molecule has 0 aromatic carbocycles. The van der Waals surface area contributed by atoms with Gasteiger partial charge in [0.05, 0.1) is 0 Å². The zero-order valence-corrected chi connectivity index (χ0v) is 10.7. The van der Waals surface area contributed by atoms with E-state index in [9.17, 15) is 4.79 Å². The highest BCUT2D eigenvalue weighted by atomic mass is 16.5. The van der Waals surface area contributed by atoms with E-state index >= 15 is 0 Å². The third-order valence-corrected chi connectivity index (χ3v) is 4.10. The van der Waals surface area contributed by atoms with Crippen LogP contribution in [-0.4, -0.2) is 31.2 Å². The van der Waals surface area contributed by atoms with Crippen LogP contribution in [0.25, 0.3) is 0 Å². The molecule has 3 N–H and O–H groups in total. The first-order valence-corrected chi connectivity index (χ1v) is 6.81. The Labute approximate surface area is 103 Å². The van der Waals surface area contributed by atoms with Crippen LogP contribution >= 0.6 is 0 Å². The van der Waals surface area contributed by atoms with Gasteiger partial charge in [-0.15, -0.1) is 0 Å². The molecule has 0 spiro atoms. The van der Waals surface area contributed by atoms with Crippen molar-refractivity contribution >= 4 is 5.91 Å². The summed E-state index contributed by atoms with van der Waals surface area (Å²) in [5.41, 5.74) is 5.86. The van der Waals surface area contributed by atoms with Crippen LogP contribution in [-0.2, 0) is 9.53 Å². The number of nitrogens with one attached hydrogen (secondary N) is 1. The number of hydrogen-bond acceptors (Lipinski definition) is 3. The number of amides is 1. The Morgan fingerprint density at radius 3 is 2.59 bits per heavy atom. The molecule has 2 aliphatic rings. The second kappa shape index (κ2) is 5.83. The highest BCUT2D eigenvalue weighted by Gasteiger charge is 2.31. The second-order valence-corrected chi connectivity index (χ2v) is 5.58. The van der Waals surface area contributed by atoms with E-state index in [0.717, 1.165) is 45.3 Å². The van der Waals surface area contributed by atoms with Crippen LogP contribution in [0.15, 0.2) is 0 Å². The molecule has 98 valence electrons. The molecule has 2 atom stereocenters. The summed E-state index contributed by atoms with van der Waals surface area (Å²) in [4.78, 5) is 11.9. The molecule has 0 bridgehead atoms. The maximum atomic E-state index is 11.9. The van der Waals surface area contributed by atoms with Crippen LogP contribution in [0.5, 0.6) is 0 Å². The lowest BCUT2D eigenvalue weighted by Crippen LogP contribution is -2.40. The first-order chi connectivity index (χ1) is 8.16. The fourth-order valence-corrected chi connectivity index (χ4v) is 2.77. The SMILES string of the molecule is CC1CCOC1C(=O)NCC1CCC(N)CC1. The first-order valence-electron chi connectivity index (χ1n) is 6.81. The molecule has 1 amide bonds. The average Bonchev–Trinajstić information content (AvgIpc) is 2.74. The fourth-order valence-electron chi connectivity index (χ4n) is 2.77. The lowest BCUT2D eigenvalue weighted by atomic mass is 9.86. The van der Waals surface area contributed by atoms with Crippen molar-refractivity contribution in [2.75, 3.05) is 13.2 Å². The minimum Gasteiger partial charge on any atom is -0.368 e. The third kappa shape index (κ3) is 3.42. The molecular formula is C13H24N2O2. The monoisotopic (exact) mass is 240 g/mol. The summed E-state index contributed by atoms with van der Waals surface area (Å²) in [5, 5.41) is 3.03. The molecule has 0 radical (unpaired) electrons. The molecule has 17 heavy (non-hydrogen) atoms. The van der Waals surface area contributed by atoms with Crippen molar-refractivity contribution in [2.45, 2.75) is 51.2 Å². The minimum absolute atomic E-state index is 0.0740. The molecule has 4 nitrogen and oxygen atoms in total. The van der Waals surface area contributed by atoms with Crippen molar-refractivity contribution in [1.29, 1.82) is 0 Å². The van der Waals surface area contributed by atoms with Gasteiger partial charge in [-0.3, -0.25) is 4.79 Å². The van der Waals surface area contributed by atoms with Gasteiger partial charge < -0.3 is 15.8 Å². The molecule has 2 fully saturated rings. The first kappa shape index (κ1) is 12.8. The Kier molecular flexibility index (Phi) is 4.40. The van der Waals surface area contributed by atoms with Gasteiger partial charge in [0.1, 0.15) is 6.10 Å². The molecule has 4 heteroatoms. The van der Waals surface area contributed by atoms with Crippen LogP contribution in [0.2, 0.25) is 0 Å². The molecule has 0 aromatic rings. The standard InChI is InChI=1S/C13H24N2O2/c1-9-6-7-17-12(9)13(16)15-8-10-2-4-11(14)5-3-10/h9-12H,2-8,14H2,1H3,(H,15,16). The maximum absolute atomic E-state index is 11.9. The van der Waals surface area contributed by atoms with E-state index < -0.39 is 0 Å². The smallest absolute Gasteiger partial charge is 0.249 e. The largest absolute Gasteiger partial charge is 0.368 e. The quantitative estimate of drug-likeness (QED) is 0.775. The van der Waals surface area contributed by atoms with Crippen LogP contribution < -0.4 is 11.1 Å². The van der Waals surface area contributed by atoms with Gasteiger partial charge in [-0.2, -0.15) is 0 Å². The predicted molar refractivity (Wildman–Crippen MR) is 66.5 cm³/mol. The molecule has 2 rings (SSSR count). The Bertz CT molecular complexity index is 262. The summed E-state index contributed by atoms with van der Waals surface area (Å²) in [6.45, 7) is 3.59. The average molecular weight is 240 g/mol. The molecule has 1 saturated heterocycles. The predicted octanol–water partition coefficient (Wildman–Crippen LogP) is 1.05. The van der Waals surface area contributed by atoms with Gasteiger partial charge in [-0.1, -0.05) is 6.92 Å². The summed E-state index contributed by atoms with van der Waals surface area (Å²) in [6, 6.07) is 0.375. The van der Waals surface area contributed by atoms with Gasteiger partial charge in [0.15, 0.2) is 0 Å². The summed E-state index contributed by atoms with van der Waals surface area (Å²) < 4.78 is 5.45. The third-order valence-electron chi connectivity index (χ3n) is 4.10. The normalized spacial score (nSPS) is 38.0. The van der Waals surface area contributed by atoms with Crippen LogP contribution in [0.4, 0.5) is 0 Å². The molecule has 1 heterocycles. The second-order valence-electron chi connectivity index (χ2n) is 5.58. The number of nitrogens with two attached hydrogens (primary N) is 1. The van der Waals surface area contributed by atoms with Crippen molar-refractivity contribution in [2.24, 2.45) is 17.6 Å². The van der Waals surface area contributed by atoms with E-state index in [1.165, 1.54) is 0 Å². The van der Waals surface area contributed by atoms with Gasteiger partial charge in [-0.25, -0.2) is 0 Å². The van der Waals surface area contributed by atoms with E-state index in [2.05, 4.69) is 12.2 Å². The van der Waals surface area contributed by atoms with E-state index in [-0.39, 0.29) is 12.0 Å². The van der Waals surface area contributed by atoms with Crippen molar-refractivity contribution < 1.29 is 9.53 Å². The lowest BCUT2D eigenvalue weighted by Gasteiger charge is -2.26.